The van der Waals surface area contributed by atoms with Crippen LogP contribution in [0.5, 0.6) is 0 Å². The van der Waals surface area contributed by atoms with Crippen LogP contribution in [0.25, 0.3) is 22.2 Å². The van der Waals surface area contributed by atoms with Gasteiger partial charge >= 0.3 is 0 Å². The molecule has 5 nitrogen and oxygen atoms in total. The van der Waals surface area contributed by atoms with Gasteiger partial charge in [0, 0.05) is 35.2 Å². The summed E-state index contributed by atoms with van der Waals surface area (Å²) in [6, 6.07) is 7.51. The first kappa shape index (κ1) is 12.7. The second-order valence-electron chi connectivity index (χ2n) is 4.51. The lowest BCUT2D eigenvalue weighted by molar-refractivity contribution is -0.119. The van der Waals surface area contributed by atoms with E-state index in [1.165, 1.54) is 13.2 Å². The van der Waals surface area contributed by atoms with Gasteiger partial charge in [-0.15, -0.1) is 0 Å². The van der Waals surface area contributed by atoms with E-state index in [1.54, 1.807) is 6.07 Å². The van der Waals surface area contributed by atoms with Crippen LogP contribution in [0.3, 0.4) is 0 Å². The summed E-state index contributed by atoms with van der Waals surface area (Å²) in [6.07, 6.45) is 1.51. The lowest BCUT2D eigenvalue weighted by Crippen LogP contribution is -2.18. The van der Waals surface area contributed by atoms with Gasteiger partial charge in [-0.25, -0.2) is 0 Å². The molecular weight excluding hydrogens is 278 g/mol. The number of H-pyrrole nitrogens is 1. The van der Waals surface area contributed by atoms with Gasteiger partial charge in [-0.05, 0) is 18.2 Å². The Bertz CT molecular complexity index is 762. The van der Waals surface area contributed by atoms with Crippen molar-refractivity contribution < 1.29 is 9.32 Å². The van der Waals surface area contributed by atoms with E-state index >= 15 is 0 Å². The fourth-order valence-electron chi connectivity index (χ4n) is 2.08. The van der Waals surface area contributed by atoms with Gasteiger partial charge < -0.3 is 14.8 Å². The van der Waals surface area contributed by atoms with E-state index in [-0.39, 0.29) is 5.91 Å². The van der Waals surface area contributed by atoms with Crippen LogP contribution < -0.4 is 5.32 Å². The van der Waals surface area contributed by atoms with E-state index in [9.17, 15) is 4.79 Å². The minimum absolute atomic E-state index is 0.0648. The second-order valence-corrected chi connectivity index (χ2v) is 4.92. The van der Waals surface area contributed by atoms with Crippen molar-refractivity contribution in [2.24, 2.45) is 0 Å². The summed E-state index contributed by atoms with van der Waals surface area (Å²) in [5, 5.41) is 8.24. The van der Waals surface area contributed by atoms with Gasteiger partial charge in [0.05, 0.1) is 11.6 Å². The van der Waals surface area contributed by atoms with Crippen molar-refractivity contribution in [3.8, 4) is 11.3 Å². The van der Waals surface area contributed by atoms with E-state index in [0.717, 1.165) is 22.2 Å². The van der Waals surface area contributed by atoms with Crippen LogP contribution in [-0.4, -0.2) is 16.0 Å². The molecule has 0 aliphatic heterocycles. The van der Waals surface area contributed by atoms with Crippen LogP contribution in [0.15, 0.2) is 35.1 Å². The van der Waals surface area contributed by atoms with Gasteiger partial charge in [0.15, 0.2) is 0 Å². The van der Waals surface area contributed by atoms with Crippen LogP contribution in [0.4, 0.5) is 0 Å². The number of aromatic nitrogens is 2. The SMILES string of the molecule is CC(=O)NCc1cc2cc(Cl)c(-c3ccon3)cc2[nH]1. The highest BCUT2D eigenvalue weighted by molar-refractivity contribution is 6.34. The number of amides is 1. The first-order valence-corrected chi connectivity index (χ1v) is 6.47. The Morgan fingerprint density at radius 3 is 3.00 bits per heavy atom. The average molecular weight is 290 g/mol. The molecule has 1 aromatic carbocycles. The number of nitrogens with one attached hydrogen (secondary N) is 2. The predicted octanol–water partition coefficient (Wildman–Crippen LogP) is 3.11. The molecule has 20 heavy (non-hydrogen) atoms. The minimum Gasteiger partial charge on any atom is -0.364 e. The predicted molar refractivity (Wildman–Crippen MR) is 76.3 cm³/mol. The molecule has 0 saturated carbocycles. The maximum absolute atomic E-state index is 10.9. The number of halogens is 1. The van der Waals surface area contributed by atoms with E-state index < -0.39 is 0 Å². The van der Waals surface area contributed by atoms with E-state index in [0.29, 0.717) is 17.3 Å². The molecule has 1 amide bonds. The van der Waals surface area contributed by atoms with E-state index in [2.05, 4.69) is 15.5 Å². The van der Waals surface area contributed by atoms with Gasteiger partial charge in [-0.2, -0.15) is 0 Å². The third kappa shape index (κ3) is 2.40. The molecule has 0 aliphatic carbocycles. The molecule has 0 fully saturated rings. The van der Waals surface area contributed by atoms with Crippen LogP contribution >= 0.6 is 11.6 Å². The number of hydrogen-bond acceptors (Lipinski definition) is 3. The molecule has 2 aromatic heterocycles. The van der Waals surface area contributed by atoms with Crippen LogP contribution in [0, 0.1) is 0 Å². The molecule has 0 saturated heterocycles. The number of hydrogen-bond donors (Lipinski definition) is 2. The molecular formula is C14H12ClN3O2. The fourth-order valence-corrected chi connectivity index (χ4v) is 2.34. The van der Waals surface area contributed by atoms with Crippen molar-refractivity contribution in [2.45, 2.75) is 13.5 Å². The molecule has 102 valence electrons. The van der Waals surface area contributed by atoms with Gasteiger partial charge in [0.1, 0.15) is 12.0 Å². The second kappa shape index (κ2) is 5.02. The number of aromatic amines is 1. The number of nitrogens with zero attached hydrogens (tertiary/aromatic N) is 1. The van der Waals surface area contributed by atoms with Crippen molar-refractivity contribution in [1.82, 2.24) is 15.5 Å². The molecule has 0 unspecified atom stereocenters. The summed E-state index contributed by atoms with van der Waals surface area (Å²) < 4.78 is 4.84. The van der Waals surface area contributed by atoms with E-state index in [4.69, 9.17) is 16.1 Å². The smallest absolute Gasteiger partial charge is 0.217 e. The maximum Gasteiger partial charge on any atom is 0.217 e. The fraction of sp³-hybridized carbons (Fsp3) is 0.143. The topological polar surface area (TPSA) is 70.9 Å². The first-order valence-electron chi connectivity index (χ1n) is 6.10. The summed E-state index contributed by atoms with van der Waals surface area (Å²) in [4.78, 5) is 14.2. The molecule has 0 radical (unpaired) electrons. The zero-order valence-corrected chi connectivity index (χ0v) is 11.5. The monoisotopic (exact) mass is 289 g/mol. The highest BCUT2D eigenvalue weighted by Gasteiger charge is 2.10. The molecule has 0 atom stereocenters. The number of carbonyl (C=O) groups is 1. The highest BCUT2D eigenvalue weighted by Crippen LogP contribution is 2.31. The quantitative estimate of drug-likeness (QED) is 0.778. The zero-order chi connectivity index (χ0) is 14.1. The van der Waals surface area contributed by atoms with Crippen LogP contribution in [0.1, 0.15) is 12.6 Å². The van der Waals surface area contributed by atoms with Crippen LogP contribution in [0.2, 0.25) is 5.02 Å². The molecule has 0 aliphatic rings. The van der Waals surface area contributed by atoms with Crippen molar-refractivity contribution in [2.75, 3.05) is 0 Å². The lowest BCUT2D eigenvalue weighted by Gasteiger charge is -2.00. The Morgan fingerprint density at radius 2 is 2.30 bits per heavy atom. The van der Waals surface area contributed by atoms with Gasteiger partial charge in [0.2, 0.25) is 5.91 Å². The molecule has 0 bridgehead atoms. The summed E-state index contributed by atoms with van der Waals surface area (Å²) >= 11 is 6.27. The summed E-state index contributed by atoms with van der Waals surface area (Å²) in [6.45, 7) is 1.95. The minimum atomic E-state index is -0.0648. The summed E-state index contributed by atoms with van der Waals surface area (Å²) in [7, 11) is 0. The summed E-state index contributed by atoms with van der Waals surface area (Å²) in [5.74, 6) is -0.0648. The van der Waals surface area contributed by atoms with Crippen molar-refractivity contribution in [3.05, 3.63) is 41.2 Å². The highest BCUT2D eigenvalue weighted by atomic mass is 35.5. The third-order valence-electron chi connectivity index (χ3n) is 3.01. The van der Waals surface area contributed by atoms with Gasteiger partial charge in [-0.3, -0.25) is 4.79 Å². The Labute approximate surface area is 119 Å². The Morgan fingerprint density at radius 1 is 1.45 bits per heavy atom. The maximum atomic E-state index is 10.9. The van der Waals surface area contributed by atoms with Crippen molar-refractivity contribution in [1.29, 1.82) is 0 Å². The number of fused-ring (bicyclic) bond motifs is 1. The summed E-state index contributed by atoms with van der Waals surface area (Å²) in [5.41, 5.74) is 3.35. The van der Waals surface area contributed by atoms with Crippen LogP contribution in [-0.2, 0) is 11.3 Å². The van der Waals surface area contributed by atoms with Crippen molar-refractivity contribution >= 4 is 28.4 Å². The molecule has 2 N–H and O–H groups in total. The van der Waals surface area contributed by atoms with Gasteiger partial charge in [0.25, 0.3) is 0 Å². The molecule has 3 rings (SSSR count). The molecule has 0 spiro atoms. The molecule has 6 heteroatoms. The third-order valence-corrected chi connectivity index (χ3v) is 3.32. The zero-order valence-electron chi connectivity index (χ0n) is 10.7. The Kier molecular flexibility index (Phi) is 3.20. The number of benzene rings is 1. The first-order chi connectivity index (χ1) is 9.63. The molecule has 2 heterocycles. The lowest BCUT2D eigenvalue weighted by atomic mass is 10.1. The van der Waals surface area contributed by atoms with E-state index in [1.807, 2.05) is 18.2 Å². The largest absolute Gasteiger partial charge is 0.364 e. The normalized spacial score (nSPS) is 10.9. The standard InChI is InChI=1S/C14H12ClN3O2/c1-8(19)16-7-10-4-9-5-12(15)11(6-14(9)17-10)13-2-3-20-18-13/h2-6,17H,7H2,1H3,(H,16,19). The average Bonchev–Trinajstić information content (AvgIpc) is 3.03. The van der Waals surface area contributed by atoms with Crippen molar-refractivity contribution in [3.63, 3.8) is 0 Å². The van der Waals surface area contributed by atoms with Gasteiger partial charge in [-0.1, -0.05) is 16.8 Å². The Balaban J connectivity index is 2.00. The number of carbonyl (C=O) groups excluding carboxylic acids is 1. The Hall–Kier alpha value is -2.27. The number of rotatable bonds is 3. The molecule has 3 aromatic rings.